The number of anilines is 2. The van der Waals surface area contributed by atoms with Crippen molar-refractivity contribution in [2.75, 3.05) is 10.0 Å². The van der Waals surface area contributed by atoms with Crippen LogP contribution in [-0.4, -0.2) is 25.3 Å². The van der Waals surface area contributed by atoms with Crippen LogP contribution >= 0.6 is 11.3 Å². The van der Waals surface area contributed by atoms with E-state index in [0.29, 0.717) is 16.9 Å². The molecule has 2 N–H and O–H groups in total. The fraction of sp³-hybridized carbons (Fsp3) is 0.250. The van der Waals surface area contributed by atoms with Gasteiger partial charge in [0, 0.05) is 19.4 Å². The van der Waals surface area contributed by atoms with E-state index in [-0.39, 0.29) is 27.0 Å². The summed E-state index contributed by atoms with van der Waals surface area (Å²) in [5.74, 6) is -3.43. The van der Waals surface area contributed by atoms with Gasteiger partial charge in [0.25, 0.3) is 15.9 Å². The predicted octanol–water partition coefficient (Wildman–Crippen LogP) is 4.23. The van der Waals surface area contributed by atoms with Crippen LogP contribution < -0.4 is 10.0 Å². The Morgan fingerprint density at radius 3 is 2.73 bits per heavy atom. The second-order valence-corrected chi connectivity index (χ2v) is 8.84. The molecule has 2 heterocycles. The maximum Gasteiger partial charge on any atom is 0.267 e. The number of thiophene rings is 1. The van der Waals surface area contributed by atoms with E-state index in [1.807, 2.05) is 0 Å². The average molecular weight is 456 g/mol. The van der Waals surface area contributed by atoms with Gasteiger partial charge in [-0.3, -0.25) is 9.59 Å². The van der Waals surface area contributed by atoms with E-state index in [0.717, 1.165) is 6.07 Å². The van der Waals surface area contributed by atoms with Gasteiger partial charge in [-0.25, -0.2) is 13.1 Å². The highest BCUT2D eigenvalue weighted by Crippen LogP contribution is 2.29. The SMILES string of the molecule is [2H]N(C(=O)c1sccc1S(=O)(=O)N([2H])c1onc(C)c1C([2H])([2H])[2H])c1c(C)cc(C)cc1C(=O)C([2H])([2H])[2H]. The number of nitrogens with zero attached hydrogens (tertiary/aromatic N) is 1. The molecule has 1 amide bonds. The summed E-state index contributed by atoms with van der Waals surface area (Å²) in [5.41, 5.74) is -0.831. The topological polar surface area (TPSA) is 118 Å². The summed E-state index contributed by atoms with van der Waals surface area (Å²) in [6, 6.07) is 3.71. The second-order valence-electron chi connectivity index (χ2n) is 6.35. The number of benzene rings is 1. The zero-order chi connectivity index (χ0) is 29.0. The van der Waals surface area contributed by atoms with Crippen molar-refractivity contribution < 1.29 is 33.6 Å². The maximum absolute atomic E-state index is 13.4. The molecule has 0 aliphatic rings. The first-order chi connectivity index (χ1) is 17.3. The molecule has 8 nitrogen and oxygen atoms in total. The number of hydrogen-bond acceptors (Lipinski definition) is 7. The molecule has 0 atom stereocenters. The third-order valence-electron chi connectivity index (χ3n) is 4.05. The molecule has 0 unspecified atom stereocenters. The highest BCUT2D eigenvalue weighted by Gasteiger charge is 2.27. The maximum atomic E-state index is 13.4. The van der Waals surface area contributed by atoms with Crippen LogP contribution in [0.3, 0.4) is 0 Å². The lowest BCUT2D eigenvalue weighted by Crippen LogP contribution is -2.20. The summed E-state index contributed by atoms with van der Waals surface area (Å²) in [7, 11) is -4.94. The number of sulfonamides is 1. The summed E-state index contributed by atoms with van der Waals surface area (Å²) in [4.78, 5) is 24.7. The summed E-state index contributed by atoms with van der Waals surface area (Å²) in [6.07, 6.45) is 0. The quantitative estimate of drug-likeness (QED) is 0.537. The Labute approximate surface area is 189 Å². The molecular weight excluding hydrogens is 426 g/mol. The van der Waals surface area contributed by atoms with Crippen LogP contribution in [-0.2, 0) is 10.0 Å². The molecule has 30 heavy (non-hydrogen) atoms. The van der Waals surface area contributed by atoms with Crippen LogP contribution in [0.25, 0.3) is 0 Å². The van der Waals surface area contributed by atoms with Crippen molar-refractivity contribution in [3.63, 3.8) is 0 Å². The summed E-state index contributed by atoms with van der Waals surface area (Å²) >= 11 is 0.610. The lowest BCUT2D eigenvalue weighted by molar-refractivity contribution is 0.101. The molecule has 158 valence electrons. The molecule has 0 bridgehead atoms. The molecule has 0 radical (unpaired) electrons. The lowest BCUT2D eigenvalue weighted by Gasteiger charge is -2.14. The van der Waals surface area contributed by atoms with Crippen molar-refractivity contribution in [3.8, 4) is 0 Å². The van der Waals surface area contributed by atoms with Crippen molar-refractivity contribution in [2.45, 2.75) is 39.4 Å². The molecule has 0 saturated heterocycles. The van der Waals surface area contributed by atoms with Crippen LogP contribution in [0.1, 0.15) is 57.5 Å². The molecule has 0 spiro atoms. The van der Waals surface area contributed by atoms with Crippen LogP contribution in [0.2, 0.25) is 2.82 Å². The number of Topliss-reactive ketones (excluding diaryl/α,β-unsaturated/α-hetero) is 1. The third kappa shape index (κ3) is 4.14. The molecular formula is C20H21N3O5S2. The van der Waals surface area contributed by atoms with Crippen molar-refractivity contribution >= 4 is 44.6 Å². The fourth-order valence-corrected chi connectivity index (χ4v) is 4.89. The molecule has 2 aromatic heterocycles. The first-order valence-corrected chi connectivity index (χ1v) is 10.7. The van der Waals surface area contributed by atoms with E-state index in [4.69, 9.17) is 15.6 Å². The first kappa shape index (κ1) is 13.3. The Balaban J connectivity index is 2.10. The molecule has 10 heteroatoms. The molecule has 1 aromatic carbocycles. The van der Waals surface area contributed by atoms with E-state index in [2.05, 4.69) is 5.16 Å². The van der Waals surface area contributed by atoms with Crippen LogP contribution in [0, 0.1) is 27.6 Å². The number of carbonyl (C=O) groups is 2. The van der Waals surface area contributed by atoms with Gasteiger partial charge in [0.15, 0.2) is 8.61 Å². The minimum Gasteiger partial charge on any atom is -0.337 e. The summed E-state index contributed by atoms with van der Waals surface area (Å²) in [5, 5.41) is 4.87. The Kier molecular flexibility index (Phi) is 3.58. The lowest BCUT2D eigenvalue weighted by atomic mass is 10.0. The third-order valence-corrected chi connectivity index (χ3v) is 6.39. The van der Waals surface area contributed by atoms with Crippen molar-refractivity contribution in [2.24, 2.45) is 0 Å². The van der Waals surface area contributed by atoms with E-state index in [9.17, 15) is 18.0 Å². The van der Waals surface area contributed by atoms with E-state index < -0.39 is 62.2 Å². The minimum atomic E-state index is -4.94. The van der Waals surface area contributed by atoms with Crippen molar-refractivity contribution in [3.05, 3.63) is 56.4 Å². The van der Waals surface area contributed by atoms with Gasteiger partial charge in [-0.1, -0.05) is 11.2 Å². The van der Waals surface area contributed by atoms with Gasteiger partial charge < -0.3 is 9.83 Å². The zero-order valence-corrected chi connectivity index (χ0v) is 17.6. The van der Waals surface area contributed by atoms with Gasteiger partial charge in [-0.2, -0.15) is 0 Å². The van der Waals surface area contributed by atoms with Crippen LogP contribution in [0.15, 0.2) is 33.0 Å². The highest BCUT2D eigenvalue weighted by molar-refractivity contribution is 7.93. The van der Waals surface area contributed by atoms with Crippen molar-refractivity contribution in [1.82, 2.24) is 5.16 Å². The van der Waals surface area contributed by atoms with Gasteiger partial charge in [0.05, 0.1) is 11.4 Å². The number of aromatic nitrogens is 1. The number of carbonyl (C=O) groups excluding carboxylic acids is 2. The number of hydrogen-bond donors (Lipinski definition) is 2. The number of nitrogens with one attached hydrogen (secondary N) is 2. The van der Waals surface area contributed by atoms with E-state index in [1.54, 1.807) is 6.92 Å². The molecule has 3 aromatic rings. The fourth-order valence-electron chi connectivity index (χ4n) is 2.67. The summed E-state index contributed by atoms with van der Waals surface area (Å²) < 4.78 is 93.0. The zero-order valence-electron chi connectivity index (χ0n) is 24.0. The van der Waals surface area contributed by atoms with Crippen LogP contribution in [0.5, 0.6) is 0 Å². The van der Waals surface area contributed by atoms with Gasteiger partial charge in [0.2, 0.25) is 5.88 Å². The number of ketones is 1. The number of rotatable bonds is 6. The van der Waals surface area contributed by atoms with E-state index >= 15 is 0 Å². The monoisotopic (exact) mass is 455 g/mol. The standard InChI is InChI=1S/C20H21N3O5S2/c1-10-8-11(2)17(15(9-10)14(5)24)21-19(25)18-16(6-7-29-18)30(26,27)23-20-12(3)13(4)22-28-20/h6-9,23H,1-5H3,(H,21,25)/i3D3,5D3/hD2. The van der Waals surface area contributed by atoms with Crippen molar-refractivity contribution in [1.29, 1.82) is 0 Å². The highest BCUT2D eigenvalue weighted by atomic mass is 32.2. The molecule has 0 fully saturated rings. The smallest absolute Gasteiger partial charge is 0.267 e. The molecule has 0 saturated carbocycles. The minimum absolute atomic E-state index is 0.160. The van der Waals surface area contributed by atoms with E-state index in [1.165, 1.54) is 31.4 Å². The second kappa shape index (κ2) is 8.04. The Morgan fingerprint density at radius 1 is 1.27 bits per heavy atom. The molecule has 3 rings (SSSR count). The number of amides is 1. The number of aryl methyl sites for hydroxylation is 3. The molecule has 0 aliphatic carbocycles. The largest absolute Gasteiger partial charge is 0.337 e. The Hall–Kier alpha value is -2.98. The van der Waals surface area contributed by atoms with Gasteiger partial charge >= 0.3 is 0 Å². The Morgan fingerprint density at radius 2 is 2.03 bits per heavy atom. The van der Waals surface area contributed by atoms with Gasteiger partial charge in [-0.15, -0.1) is 11.3 Å². The normalized spacial score (nSPS) is 16.1. The van der Waals surface area contributed by atoms with Crippen LogP contribution in [0.4, 0.5) is 11.6 Å². The van der Waals surface area contributed by atoms with Gasteiger partial charge in [-0.05, 0) is 63.1 Å². The van der Waals surface area contributed by atoms with Gasteiger partial charge in [0.1, 0.15) is 9.77 Å². The first-order valence-electron chi connectivity index (χ1n) is 12.3. The molecule has 0 aliphatic heterocycles. The average Bonchev–Trinajstić information content (AvgIpc) is 3.43. The predicted molar refractivity (Wildman–Crippen MR) is 115 cm³/mol. The Bertz CT molecular complexity index is 1530. The summed E-state index contributed by atoms with van der Waals surface area (Å²) in [6.45, 7) is -1.64.